The van der Waals surface area contributed by atoms with E-state index in [1.165, 1.54) is 6.33 Å². The maximum Gasteiger partial charge on any atom is 0.249 e. The van der Waals surface area contributed by atoms with Crippen LogP contribution in [0.3, 0.4) is 0 Å². The summed E-state index contributed by atoms with van der Waals surface area (Å²) >= 11 is 0. The van der Waals surface area contributed by atoms with Gasteiger partial charge in [-0.2, -0.15) is 0 Å². The largest absolute Gasteiger partial charge is 0.457 e. The highest BCUT2D eigenvalue weighted by atomic mass is 16.5. The molecule has 8 nitrogen and oxygen atoms in total. The summed E-state index contributed by atoms with van der Waals surface area (Å²) in [6.07, 6.45) is 3.19. The number of hydrogen-bond acceptors (Lipinski definition) is 5. The summed E-state index contributed by atoms with van der Waals surface area (Å²) in [7, 11) is 0. The average molecular weight is 471 g/mol. The van der Waals surface area contributed by atoms with Crippen LogP contribution in [0.1, 0.15) is 11.3 Å². The molecule has 0 saturated heterocycles. The predicted octanol–water partition coefficient (Wildman–Crippen LogP) is 4.08. The first-order chi connectivity index (χ1) is 17.2. The van der Waals surface area contributed by atoms with Gasteiger partial charge in [-0.1, -0.05) is 54.6 Å². The first-order valence-electron chi connectivity index (χ1n) is 11.2. The van der Waals surface area contributed by atoms with E-state index in [2.05, 4.69) is 20.6 Å². The second-order valence-corrected chi connectivity index (χ2v) is 7.79. The summed E-state index contributed by atoms with van der Waals surface area (Å²) in [6.45, 7) is 0.327. The number of H-pyrrole nitrogens is 1. The highest BCUT2D eigenvalue weighted by Gasteiger charge is 2.22. The standard InChI is InChI=1S/C27H26N4O4/c32-26(15-22-16-28-19-29-22)31-25(18-34-17-20-8-3-1-4-9-20)27(33)30-21-10-7-13-24(14-21)35-23-11-5-2-6-12-23/h1-14,16,19,25H,15,17-18H2,(H,28,29)(H,30,33)(H,31,32)/t25-/m0/s1. The van der Waals surface area contributed by atoms with E-state index in [1.54, 1.807) is 30.5 Å². The number of rotatable bonds is 11. The number of hydrogen-bond donors (Lipinski definition) is 3. The molecule has 0 unspecified atom stereocenters. The highest BCUT2D eigenvalue weighted by molar-refractivity contribution is 5.97. The van der Waals surface area contributed by atoms with E-state index in [9.17, 15) is 9.59 Å². The van der Waals surface area contributed by atoms with Crippen LogP contribution in [0.15, 0.2) is 97.5 Å². The molecule has 1 aromatic heterocycles. The lowest BCUT2D eigenvalue weighted by molar-refractivity contribution is -0.127. The normalized spacial score (nSPS) is 11.4. The van der Waals surface area contributed by atoms with Crippen molar-refractivity contribution in [2.45, 2.75) is 19.1 Å². The first kappa shape index (κ1) is 23.7. The minimum Gasteiger partial charge on any atom is -0.457 e. The van der Waals surface area contributed by atoms with E-state index in [1.807, 2.05) is 60.7 Å². The van der Waals surface area contributed by atoms with Crippen molar-refractivity contribution in [3.8, 4) is 11.5 Å². The highest BCUT2D eigenvalue weighted by Crippen LogP contribution is 2.24. The summed E-state index contributed by atoms with van der Waals surface area (Å²) in [4.78, 5) is 32.5. The van der Waals surface area contributed by atoms with E-state index in [0.29, 0.717) is 29.5 Å². The molecule has 4 rings (SSSR count). The van der Waals surface area contributed by atoms with E-state index in [4.69, 9.17) is 9.47 Å². The van der Waals surface area contributed by atoms with E-state index < -0.39 is 11.9 Å². The minimum absolute atomic E-state index is 0.00718. The van der Waals surface area contributed by atoms with Crippen LogP contribution < -0.4 is 15.4 Å². The SMILES string of the molecule is O=C(Cc1c[nH]cn1)N[C@@H](COCc1ccccc1)C(=O)Nc1cccc(Oc2ccccc2)c1. The van der Waals surface area contributed by atoms with Crippen molar-refractivity contribution in [2.75, 3.05) is 11.9 Å². The second-order valence-electron chi connectivity index (χ2n) is 7.79. The summed E-state index contributed by atoms with van der Waals surface area (Å²) in [5, 5.41) is 5.60. The molecule has 4 aromatic rings. The average Bonchev–Trinajstić information content (AvgIpc) is 3.38. The van der Waals surface area contributed by atoms with Crippen LogP contribution in [0.5, 0.6) is 11.5 Å². The molecular weight excluding hydrogens is 444 g/mol. The van der Waals surface area contributed by atoms with Crippen molar-refractivity contribution < 1.29 is 19.1 Å². The Hall–Kier alpha value is -4.43. The molecule has 0 spiro atoms. The number of aromatic amines is 1. The Morgan fingerprint density at radius 2 is 1.66 bits per heavy atom. The fraction of sp³-hybridized carbons (Fsp3) is 0.148. The van der Waals surface area contributed by atoms with Gasteiger partial charge in [0.1, 0.15) is 17.5 Å². The predicted molar refractivity (Wildman–Crippen MR) is 132 cm³/mol. The third kappa shape index (κ3) is 7.55. The van der Waals surface area contributed by atoms with Gasteiger partial charge in [0.2, 0.25) is 11.8 Å². The molecule has 0 saturated carbocycles. The van der Waals surface area contributed by atoms with Gasteiger partial charge in [-0.05, 0) is 29.8 Å². The molecule has 2 amide bonds. The zero-order valence-corrected chi connectivity index (χ0v) is 19.0. The number of anilines is 1. The maximum absolute atomic E-state index is 13.1. The monoisotopic (exact) mass is 470 g/mol. The Morgan fingerprint density at radius 1 is 0.914 bits per heavy atom. The van der Waals surface area contributed by atoms with Crippen molar-refractivity contribution in [2.24, 2.45) is 0 Å². The molecular formula is C27H26N4O4. The zero-order valence-electron chi connectivity index (χ0n) is 19.0. The summed E-state index contributed by atoms with van der Waals surface area (Å²) in [6, 6.07) is 25.1. The van der Waals surface area contributed by atoms with Crippen molar-refractivity contribution in [1.82, 2.24) is 15.3 Å². The third-order valence-corrected chi connectivity index (χ3v) is 5.02. The Bertz CT molecular complexity index is 1210. The number of imidazole rings is 1. The number of benzene rings is 3. The Balaban J connectivity index is 1.40. The van der Waals surface area contributed by atoms with Crippen LogP contribution >= 0.6 is 0 Å². The fourth-order valence-electron chi connectivity index (χ4n) is 3.34. The van der Waals surface area contributed by atoms with Gasteiger partial charge in [0.15, 0.2) is 0 Å². The molecule has 1 atom stereocenters. The zero-order chi connectivity index (χ0) is 24.3. The number of nitrogens with zero attached hydrogens (tertiary/aromatic N) is 1. The number of carbonyl (C=O) groups is 2. The van der Waals surface area contributed by atoms with Crippen LogP contribution in [-0.2, 0) is 27.4 Å². The fourth-order valence-corrected chi connectivity index (χ4v) is 3.34. The number of carbonyl (C=O) groups excluding carboxylic acids is 2. The molecule has 0 aliphatic rings. The quantitative estimate of drug-likeness (QED) is 0.306. The molecule has 0 aliphatic heterocycles. The van der Waals surface area contributed by atoms with Gasteiger partial charge in [-0.3, -0.25) is 9.59 Å². The number of aromatic nitrogens is 2. The van der Waals surface area contributed by atoms with E-state index in [-0.39, 0.29) is 18.9 Å². The van der Waals surface area contributed by atoms with Crippen molar-refractivity contribution >= 4 is 17.5 Å². The van der Waals surface area contributed by atoms with Gasteiger partial charge in [-0.25, -0.2) is 4.98 Å². The number of nitrogens with one attached hydrogen (secondary N) is 3. The third-order valence-electron chi connectivity index (χ3n) is 5.02. The summed E-state index contributed by atoms with van der Waals surface area (Å²) in [5.74, 6) is 0.536. The van der Waals surface area contributed by atoms with Crippen LogP contribution in [0.2, 0.25) is 0 Å². The molecule has 0 bridgehead atoms. The number of para-hydroxylation sites is 1. The molecule has 178 valence electrons. The molecule has 0 aliphatic carbocycles. The van der Waals surface area contributed by atoms with Crippen LogP contribution in [0.25, 0.3) is 0 Å². The molecule has 3 aromatic carbocycles. The summed E-state index contributed by atoms with van der Waals surface area (Å²) < 4.78 is 11.6. The van der Waals surface area contributed by atoms with E-state index in [0.717, 1.165) is 5.56 Å². The Labute approximate surface area is 203 Å². The lowest BCUT2D eigenvalue weighted by atomic mass is 10.2. The van der Waals surface area contributed by atoms with E-state index >= 15 is 0 Å². The second kappa shape index (κ2) is 12.2. The smallest absolute Gasteiger partial charge is 0.249 e. The van der Waals surface area contributed by atoms with Crippen LogP contribution in [0.4, 0.5) is 5.69 Å². The lowest BCUT2D eigenvalue weighted by Crippen LogP contribution is -2.47. The molecule has 35 heavy (non-hydrogen) atoms. The van der Waals surface area contributed by atoms with Crippen molar-refractivity contribution in [3.63, 3.8) is 0 Å². The van der Waals surface area contributed by atoms with Gasteiger partial charge in [0.05, 0.1) is 31.7 Å². The van der Waals surface area contributed by atoms with Crippen molar-refractivity contribution in [1.29, 1.82) is 0 Å². The molecule has 0 fully saturated rings. The van der Waals surface area contributed by atoms with Gasteiger partial charge < -0.3 is 25.1 Å². The lowest BCUT2D eigenvalue weighted by Gasteiger charge is -2.19. The van der Waals surface area contributed by atoms with Gasteiger partial charge >= 0.3 is 0 Å². The maximum atomic E-state index is 13.1. The minimum atomic E-state index is -0.899. The number of amides is 2. The number of ether oxygens (including phenoxy) is 2. The molecule has 0 radical (unpaired) electrons. The first-order valence-corrected chi connectivity index (χ1v) is 11.2. The van der Waals surface area contributed by atoms with Gasteiger partial charge in [0, 0.05) is 18.0 Å². The molecule has 1 heterocycles. The summed E-state index contributed by atoms with van der Waals surface area (Å²) in [5.41, 5.74) is 2.09. The molecule has 3 N–H and O–H groups in total. The van der Waals surface area contributed by atoms with Gasteiger partial charge in [0.25, 0.3) is 0 Å². The van der Waals surface area contributed by atoms with Crippen molar-refractivity contribution in [3.05, 3.63) is 109 Å². The Morgan fingerprint density at radius 3 is 2.40 bits per heavy atom. The van der Waals surface area contributed by atoms with Crippen LogP contribution in [0, 0.1) is 0 Å². The van der Waals surface area contributed by atoms with Crippen LogP contribution in [-0.4, -0.2) is 34.4 Å². The Kier molecular flexibility index (Phi) is 8.23. The van der Waals surface area contributed by atoms with Gasteiger partial charge in [-0.15, -0.1) is 0 Å². The molecule has 8 heteroatoms. The topological polar surface area (TPSA) is 105 Å².